The van der Waals surface area contributed by atoms with Crippen LogP contribution in [0.5, 0.6) is 0 Å². The zero-order valence-electron chi connectivity index (χ0n) is 11.3. The molecular formula is C15H15FN2O2. The second-order valence-corrected chi connectivity index (χ2v) is 4.33. The first-order valence-corrected chi connectivity index (χ1v) is 6.16. The highest BCUT2D eigenvalue weighted by molar-refractivity contribution is 5.95. The van der Waals surface area contributed by atoms with Gasteiger partial charge in [0, 0.05) is 12.2 Å². The molecule has 0 aliphatic rings. The molecule has 0 fully saturated rings. The molecule has 1 aromatic carbocycles. The summed E-state index contributed by atoms with van der Waals surface area (Å²) in [5.74, 6) is -0.709. The molecular weight excluding hydrogens is 259 g/mol. The largest absolute Gasteiger partial charge is 0.465 e. The van der Waals surface area contributed by atoms with E-state index in [0.29, 0.717) is 11.3 Å². The zero-order chi connectivity index (χ0) is 14.5. The Labute approximate surface area is 116 Å². The van der Waals surface area contributed by atoms with Gasteiger partial charge in [-0.1, -0.05) is 12.1 Å². The molecule has 0 bridgehead atoms. The molecule has 1 aromatic heterocycles. The Morgan fingerprint density at radius 2 is 2.00 bits per heavy atom. The lowest BCUT2D eigenvalue weighted by Crippen LogP contribution is -2.12. The lowest BCUT2D eigenvalue weighted by molar-refractivity contribution is 0.0601. The van der Waals surface area contributed by atoms with Gasteiger partial charge in [-0.25, -0.2) is 9.18 Å². The van der Waals surface area contributed by atoms with Gasteiger partial charge in [-0.3, -0.25) is 4.98 Å². The average molecular weight is 274 g/mol. The first-order valence-electron chi connectivity index (χ1n) is 6.16. The van der Waals surface area contributed by atoms with Crippen molar-refractivity contribution in [3.05, 3.63) is 59.7 Å². The Morgan fingerprint density at radius 1 is 1.30 bits per heavy atom. The normalized spacial score (nSPS) is 11.8. The molecule has 20 heavy (non-hydrogen) atoms. The number of rotatable bonds is 4. The number of benzene rings is 1. The number of carbonyl (C=O) groups excluding carboxylic acids is 1. The van der Waals surface area contributed by atoms with Crippen LogP contribution in [0.3, 0.4) is 0 Å². The van der Waals surface area contributed by atoms with Crippen LogP contribution in [-0.4, -0.2) is 18.1 Å². The fourth-order valence-electron chi connectivity index (χ4n) is 1.87. The van der Waals surface area contributed by atoms with Crippen molar-refractivity contribution < 1.29 is 13.9 Å². The lowest BCUT2D eigenvalue weighted by Gasteiger charge is -2.17. The summed E-state index contributed by atoms with van der Waals surface area (Å²) in [7, 11) is 1.33. The summed E-state index contributed by atoms with van der Waals surface area (Å²) in [5, 5.41) is 3.18. The topological polar surface area (TPSA) is 51.2 Å². The number of hydrogen-bond donors (Lipinski definition) is 1. The van der Waals surface area contributed by atoms with Gasteiger partial charge < -0.3 is 10.1 Å². The molecule has 2 aromatic rings. The number of nitrogens with zero attached hydrogens (tertiary/aromatic N) is 1. The molecule has 4 nitrogen and oxygen atoms in total. The molecule has 0 saturated heterocycles. The average Bonchev–Trinajstić information content (AvgIpc) is 2.47. The summed E-state index contributed by atoms with van der Waals surface area (Å²) in [6.45, 7) is 1.92. The number of methoxy groups -OCH3 is 1. The summed E-state index contributed by atoms with van der Waals surface area (Å²) in [5.41, 5.74) is 1.90. The van der Waals surface area contributed by atoms with E-state index >= 15 is 0 Å². The van der Waals surface area contributed by atoms with E-state index in [4.69, 9.17) is 4.74 Å². The van der Waals surface area contributed by atoms with E-state index in [1.807, 2.05) is 6.92 Å². The molecule has 1 atom stereocenters. The molecule has 5 heteroatoms. The highest BCUT2D eigenvalue weighted by atomic mass is 19.1. The molecule has 0 spiro atoms. The predicted octanol–water partition coefficient (Wildman–Crippen LogP) is 3.18. The van der Waals surface area contributed by atoms with Crippen molar-refractivity contribution in [2.24, 2.45) is 0 Å². The third kappa shape index (κ3) is 3.12. The van der Waals surface area contributed by atoms with Crippen molar-refractivity contribution in [1.29, 1.82) is 0 Å². The number of anilines is 1. The van der Waals surface area contributed by atoms with Crippen molar-refractivity contribution in [2.75, 3.05) is 12.4 Å². The van der Waals surface area contributed by atoms with Crippen LogP contribution in [-0.2, 0) is 4.74 Å². The third-order valence-electron chi connectivity index (χ3n) is 2.97. The van der Waals surface area contributed by atoms with E-state index in [9.17, 15) is 9.18 Å². The minimum absolute atomic E-state index is 0.0943. The highest BCUT2D eigenvalue weighted by Crippen LogP contribution is 2.22. The Hall–Kier alpha value is -2.43. The van der Waals surface area contributed by atoms with Gasteiger partial charge in [0.25, 0.3) is 0 Å². The van der Waals surface area contributed by atoms with Crippen molar-refractivity contribution in [2.45, 2.75) is 13.0 Å². The van der Waals surface area contributed by atoms with Crippen LogP contribution < -0.4 is 5.32 Å². The fraction of sp³-hybridized carbons (Fsp3) is 0.200. The molecule has 1 heterocycles. The summed E-state index contributed by atoms with van der Waals surface area (Å²) in [6.07, 6.45) is 3.09. The van der Waals surface area contributed by atoms with Crippen molar-refractivity contribution in [3.8, 4) is 0 Å². The molecule has 0 aliphatic heterocycles. The minimum Gasteiger partial charge on any atom is -0.465 e. The minimum atomic E-state index is -0.429. The molecule has 0 saturated carbocycles. The number of ether oxygens (including phenoxy) is 1. The quantitative estimate of drug-likeness (QED) is 0.870. The van der Waals surface area contributed by atoms with E-state index in [1.54, 1.807) is 24.4 Å². The van der Waals surface area contributed by atoms with Crippen LogP contribution in [0.2, 0.25) is 0 Å². The van der Waals surface area contributed by atoms with Crippen molar-refractivity contribution in [1.82, 2.24) is 4.98 Å². The molecule has 0 radical (unpaired) electrons. The Bertz CT molecular complexity index is 599. The maximum absolute atomic E-state index is 12.9. The van der Waals surface area contributed by atoms with Crippen LogP contribution in [0.15, 0.2) is 42.7 Å². The van der Waals surface area contributed by atoms with Gasteiger partial charge in [-0.2, -0.15) is 0 Å². The number of esters is 1. The molecule has 104 valence electrons. The standard InChI is InChI=1S/C15H15FN2O2/c1-10(11-3-5-12(16)6-4-11)18-14-9-17-8-7-13(14)15(19)20-2/h3-10,18H,1-2H3/t10-/m0/s1. The number of carbonyl (C=O) groups is 1. The van der Waals surface area contributed by atoms with Crippen LogP contribution in [0.25, 0.3) is 0 Å². The first kappa shape index (κ1) is 14.0. The summed E-state index contributed by atoms with van der Waals surface area (Å²) in [4.78, 5) is 15.6. The SMILES string of the molecule is COC(=O)c1ccncc1N[C@@H](C)c1ccc(F)cc1. The number of aromatic nitrogens is 1. The molecule has 0 unspecified atom stereocenters. The van der Waals surface area contributed by atoms with Crippen LogP contribution in [0, 0.1) is 5.82 Å². The van der Waals surface area contributed by atoms with Gasteiger partial charge in [0.2, 0.25) is 0 Å². The number of pyridine rings is 1. The van der Waals surface area contributed by atoms with Crippen molar-refractivity contribution >= 4 is 11.7 Å². The third-order valence-corrected chi connectivity index (χ3v) is 2.97. The second-order valence-electron chi connectivity index (χ2n) is 4.33. The van der Waals surface area contributed by atoms with Gasteiger partial charge in [0.05, 0.1) is 24.6 Å². The smallest absolute Gasteiger partial charge is 0.340 e. The zero-order valence-corrected chi connectivity index (χ0v) is 11.3. The molecule has 0 amide bonds. The molecule has 0 aliphatic carbocycles. The van der Waals surface area contributed by atoms with E-state index < -0.39 is 5.97 Å². The Kier molecular flexibility index (Phi) is 4.30. The van der Waals surface area contributed by atoms with Gasteiger partial charge in [0.1, 0.15) is 5.82 Å². The Morgan fingerprint density at radius 3 is 2.65 bits per heavy atom. The lowest BCUT2D eigenvalue weighted by atomic mass is 10.1. The number of hydrogen-bond acceptors (Lipinski definition) is 4. The highest BCUT2D eigenvalue weighted by Gasteiger charge is 2.14. The van der Waals surface area contributed by atoms with Gasteiger partial charge >= 0.3 is 5.97 Å². The summed E-state index contributed by atoms with van der Waals surface area (Å²) < 4.78 is 17.6. The van der Waals surface area contributed by atoms with E-state index in [1.165, 1.54) is 25.4 Å². The fourth-order valence-corrected chi connectivity index (χ4v) is 1.87. The summed E-state index contributed by atoms with van der Waals surface area (Å²) in [6, 6.07) is 7.69. The van der Waals surface area contributed by atoms with Gasteiger partial charge in [0.15, 0.2) is 0 Å². The monoisotopic (exact) mass is 274 g/mol. The van der Waals surface area contributed by atoms with E-state index in [0.717, 1.165) is 5.56 Å². The van der Waals surface area contributed by atoms with Crippen LogP contribution >= 0.6 is 0 Å². The predicted molar refractivity (Wildman–Crippen MR) is 74.0 cm³/mol. The van der Waals surface area contributed by atoms with Gasteiger partial charge in [-0.05, 0) is 30.7 Å². The van der Waals surface area contributed by atoms with Crippen LogP contribution in [0.4, 0.5) is 10.1 Å². The number of nitrogens with one attached hydrogen (secondary N) is 1. The molecule has 2 rings (SSSR count). The second kappa shape index (κ2) is 6.14. The van der Waals surface area contributed by atoms with Crippen LogP contribution in [0.1, 0.15) is 28.9 Å². The maximum Gasteiger partial charge on any atom is 0.340 e. The molecule has 1 N–H and O–H groups in total. The number of halogens is 1. The first-order chi connectivity index (χ1) is 9.61. The van der Waals surface area contributed by atoms with E-state index in [2.05, 4.69) is 10.3 Å². The van der Waals surface area contributed by atoms with Gasteiger partial charge in [-0.15, -0.1) is 0 Å². The van der Waals surface area contributed by atoms with Crippen molar-refractivity contribution in [3.63, 3.8) is 0 Å². The van der Waals surface area contributed by atoms with E-state index in [-0.39, 0.29) is 11.9 Å². The summed E-state index contributed by atoms with van der Waals surface area (Å²) >= 11 is 0. The maximum atomic E-state index is 12.9. The Balaban J connectivity index is 2.21.